The van der Waals surface area contributed by atoms with Gasteiger partial charge in [-0.15, -0.1) is 29.7 Å². The molecule has 9 nitrogen and oxygen atoms in total. The van der Waals surface area contributed by atoms with Crippen LogP contribution in [0.4, 0.5) is 4.39 Å². The zero-order chi connectivity index (χ0) is 24.8. The number of esters is 1. The fourth-order valence-corrected chi connectivity index (χ4v) is 5.39. The van der Waals surface area contributed by atoms with Crippen molar-refractivity contribution in [1.29, 1.82) is 5.41 Å². The number of nitrogens with zero attached hydrogens (tertiary/aromatic N) is 2. The molecule has 0 aliphatic carbocycles. The van der Waals surface area contributed by atoms with Crippen LogP contribution in [0.5, 0.6) is 5.75 Å². The van der Waals surface area contributed by atoms with Crippen molar-refractivity contribution >= 4 is 46.8 Å². The molecule has 2 aromatic rings. The first-order valence-corrected chi connectivity index (χ1v) is 12.0. The van der Waals surface area contributed by atoms with Crippen LogP contribution >= 0.6 is 23.1 Å². The molecule has 0 spiro atoms. The summed E-state index contributed by atoms with van der Waals surface area (Å²) in [5, 5.41) is 16.4. The number of amides is 1. The van der Waals surface area contributed by atoms with Crippen LogP contribution in [0.1, 0.15) is 20.1 Å². The van der Waals surface area contributed by atoms with Crippen molar-refractivity contribution in [2.24, 2.45) is 5.73 Å². The van der Waals surface area contributed by atoms with E-state index in [2.05, 4.69) is 6.58 Å². The molecule has 1 aliphatic rings. The van der Waals surface area contributed by atoms with Crippen molar-refractivity contribution in [3.05, 3.63) is 64.1 Å². The van der Waals surface area contributed by atoms with E-state index in [4.69, 9.17) is 21.0 Å². The predicted octanol–water partition coefficient (Wildman–Crippen LogP) is 2.36. The Morgan fingerprint density at radius 2 is 2.12 bits per heavy atom. The van der Waals surface area contributed by atoms with Crippen LogP contribution < -0.4 is 10.5 Å². The molecule has 1 aromatic carbocycles. The fraction of sp³-hybridized carbons (Fsp3) is 0.273. The number of carboxylic acids is 1. The van der Waals surface area contributed by atoms with Gasteiger partial charge in [-0.1, -0.05) is 6.08 Å². The lowest BCUT2D eigenvalue weighted by atomic mass is 10.2. The Balaban J connectivity index is 1.66. The number of nitrogens with two attached hydrogens (primary N) is 1. The zero-order valence-corrected chi connectivity index (χ0v) is 19.7. The average Bonchev–Trinajstić information content (AvgIpc) is 3.44. The summed E-state index contributed by atoms with van der Waals surface area (Å²) in [6.07, 6.45) is 1.49. The van der Waals surface area contributed by atoms with Gasteiger partial charge in [0.1, 0.15) is 17.3 Å². The van der Waals surface area contributed by atoms with Crippen LogP contribution in [0.25, 0.3) is 0 Å². The number of carboxylic acid groups (broad SMARTS) is 1. The van der Waals surface area contributed by atoms with E-state index in [1.54, 1.807) is 23.9 Å². The number of hydrogen-bond donors (Lipinski definition) is 3. The van der Waals surface area contributed by atoms with Crippen molar-refractivity contribution in [1.82, 2.24) is 9.80 Å². The molecule has 1 atom stereocenters. The second kappa shape index (κ2) is 11.3. The van der Waals surface area contributed by atoms with E-state index in [-0.39, 0.29) is 34.5 Å². The van der Waals surface area contributed by atoms with Crippen LogP contribution in [0.15, 0.2) is 43.0 Å². The Labute approximate surface area is 203 Å². The SMILES string of the molecule is C=CCN(CC(=O)O)C(=O)[C@@H]1CSCN1Cc1ccc(C(=O)Oc2ccc(C(=N)N)cc2F)s1. The monoisotopic (exact) mass is 506 g/mol. The van der Waals surface area contributed by atoms with E-state index in [1.807, 2.05) is 4.90 Å². The van der Waals surface area contributed by atoms with Gasteiger partial charge in [-0.25, -0.2) is 9.18 Å². The topological polar surface area (TPSA) is 137 Å². The minimum Gasteiger partial charge on any atom is -0.480 e. The first-order chi connectivity index (χ1) is 16.2. The van der Waals surface area contributed by atoms with E-state index in [0.29, 0.717) is 18.2 Å². The molecule has 1 fully saturated rings. The summed E-state index contributed by atoms with van der Waals surface area (Å²) in [5.41, 5.74) is 5.51. The van der Waals surface area contributed by atoms with Crippen LogP contribution in [-0.4, -0.2) is 69.3 Å². The molecule has 1 amide bonds. The van der Waals surface area contributed by atoms with Gasteiger partial charge in [0, 0.05) is 35.2 Å². The average molecular weight is 507 g/mol. The van der Waals surface area contributed by atoms with Gasteiger partial charge in [-0.05, 0) is 30.3 Å². The minimum absolute atomic E-state index is 0.138. The number of thiophene rings is 1. The van der Waals surface area contributed by atoms with Crippen molar-refractivity contribution in [3.8, 4) is 5.75 Å². The third kappa shape index (κ3) is 6.22. The Morgan fingerprint density at radius 1 is 1.35 bits per heavy atom. The molecule has 1 aromatic heterocycles. The largest absolute Gasteiger partial charge is 0.480 e. The van der Waals surface area contributed by atoms with Crippen LogP contribution in [0.2, 0.25) is 0 Å². The number of rotatable bonds is 10. The van der Waals surface area contributed by atoms with Gasteiger partial charge in [0.15, 0.2) is 11.6 Å². The maximum atomic E-state index is 14.2. The molecule has 3 rings (SSSR count). The Morgan fingerprint density at radius 3 is 2.76 bits per heavy atom. The summed E-state index contributed by atoms with van der Waals surface area (Å²) in [7, 11) is 0. The molecule has 2 heterocycles. The lowest BCUT2D eigenvalue weighted by Gasteiger charge is -2.27. The number of amidine groups is 1. The highest BCUT2D eigenvalue weighted by molar-refractivity contribution is 7.99. The van der Waals surface area contributed by atoms with Gasteiger partial charge in [-0.3, -0.25) is 19.9 Å². The molecule has 4 N–H and O–H groups in total. The molecule has 180 valence electrons. The maximum absolute atomic E-state index is 14.2. The molecule has 1 saturated heterocycles. The summed E-state index contributed by atoms with van der Waals surface area (Å²) in [6, 6.07) is 6.46. The number of carbonyl (C=O) groups excluding carboxylic acids is 2. The van der Waals surface area contributed by atoms with Gasteiger partial charge < -0.3 is 20.5 Å². The van der Waals surface area contributed by atoms with E-state index in [0.717, 1.165) is 10.9 Å². The Hall–Kier alpha value is -3.22. The number of ether oxygens (including phenoxy) is 1. The predicted molar refractivity (Wildman–Crippen MR) is 128 cm³/mol. The standard InChI is InChI=1S/C22H23FN4O5S2/c1-2-7-26(10-19(28)29)21(30)16-11-33-12-27(16)9-14-4-6-18(34-14)22(31)32-17-5-3-13(20(24)25)8-15(17)23/h2-6,8,16H,1,7,9-12H2,(H3,24,25)(H,28,29)/t16-/m0/s1. The number of thioether (sulfide) groups is 1. The highest BCUT2D eigenvalue weighted by Gasteiger charge is 2.34. The molecule has 0 unspecified atom stereocenters. The summed E-state index contributed by atoms with van der Waals surface area (Å²) in [6.45, 7) is 3.70. The van der Waals surface area contributed by atoms with E-state index < -0.39 is 30.3 Å². The van der Waals surface area contributed by atoms with Gasteiger partial charge in [0.2, 0.25) is 5.91 Å². The van der Waals surface area contributed by atoms with E-state index >= 15 is 0 Å². The third-order valence-electron chi connectivity index (χ3n) is 4.91. The van der Waals surface area contributed by atoms with E-state index in [9.17, 15) is 18.8 Å². The summed E-state index contributed by atoms with van der Waals surface area (Å²) in [4.78, 5) is 40.8. The quantitative estimate of drug-likeness (QED) is 0.147. The highest BCUT2D eigenvalue weighted by atomic mass is 32.2. The fourth-order valence-electron chi connectivity index (χ4n) is 3.30. The highest BCUT2D eigenvalue weighted by Crippen LogP contribution is 2.28. The molecule has 0 saturated carbocycles. The number of halogens is 1. The number of aliphatic carboxylic acids is 1. The summed E-state index contributed by atoms with van der Waals surface area (Å²) in [5.74, 6) is -2.38. The lowest BCUT2D eigenvalue weighted by Crippen LogP contribution is -2.48. The second-order valence-electron chi connectivity index (χ2n) is 7.38. The first-order valence-electron chi connectivity index (χ1n) is 10.1. The molecule has 12 heteroatoms. The molecule has 1 aliphatic heterocycles. The van der Waals surface area contributed by atoms with E-state index in [1.165, 1.54) is 34.4 Å². The second-order valence-corrected chi connectivity index (χ2v) is 9.55. The number of nitrogen functional groups attached to an aromatic ring is 1. The Kier molecular flexibility index (Phi) is 8.42. The van der Waals surface area contributed by atoms with Crippen LogP contribution in [0.3, 0.4) is 0 Å². The minimum atomic E-state index is -1.10. The van der Waals surface area contributed by atoms with Gasteiger partial charge >= 0.3 is 11.9 Å². The number of benzene rings is 1. The molecule has 34 heavy (non-hydrogen) atoms. The first kappa shape index (κ1) is 25.4. The van der Waals surface area contributed by atoms with Crippen molar-refractivity contribution in [3.63, 3.8) is 0 Å². The third-order valence-corrected chi connectivity index (χ3v) is 7.03. The van der Waals surface area contributed by atoms with Crippen molar-refractivity contribution < 1.29 is 28.6 Å². The number of carbonyl (C=O) groups is 3. The lowest BCUT2D eigenvalue weighted by molar-refractivity contribution is -0.145. The normalized spacial score (nSPS) is 15.6. The van der Waals surface area contributed by atoms with Crippen LogP contribution in [0, 0.1) is 11.2 Å². The van der Waals surface area contributed by atoms with Gasteiger partial charge in [0.25, 0.3) is 0 Å². The number of hydrogen-bond acceptors (Lipinski definition) is 8. The Bertz CT molecular complexity index is 1120. The molecular weight excluding hydrogens is 483 g/mol. The summed E-state index contributed by atoms with van der Waals surface area (Å²) >= 11 is 2.73. The summed E-state index contributed by atoms with van der Waals surface area (Å²) < 4.78 is 19.3. The van der Waals surface area contributed by atoms with Gasteiger partial charge in [-0.2, -0.15) is 0 Å². The molecule has 0 radical (unpaired) electrons. The zero-order valence-electron chi connectivity index (χ0n) is 18.0. The van der Waals surface area contributed by atoms with Crippen molar-refractivity contribution in [2.75, 3.05) is 24.7 Å². The maximum Gasteiger partial charge on any atom is 0.353 e. The van der Waals surface area contributed by atoms with Gasteiger partial charge in [0.05, 0.1) is 6.04 Å². The smallest absolute Gasteiger partial charge is 0.353 e. The molecular formula is C22H23FN4O5S2. The number of nitrogens with one attached hydrogen (secondary N) is 1. The van der Waals surface area contributed by atoms with Crippen molar-refractivity contribution in [2.45, 2.75) is 12.6 Å². The van der Waals surface area contributed by atoms with Crippen LogP contribution in [-0.2, 0) is 16.1 Å². The molecule has 0 bridgehead atoms.